The molecule has 0 atom stereocenters. The van der Waals surface area contributed by atoms with Crippen LogP contribution in [0.2, 0.25) is 0 Å². The van der Waals surface area contributed by atoms with Gasteiger partial charge in [0.05, 0.1) is 6.54 Å². The number of furan rings is 1. The third kappa shape index (κ3) is 3.33. The van der Waals surface area contributed by atoms with Gasteiger partial charge in [-0.3, -0.25) is 9.69 Å². The predicted molar refractivity (Wildman–Crippen MR) is 101 cm³/mol. The van der Waals surface area contributed by atoms with E-state index in [9.17, 15) is 4.79 Å². The van der Waals surface area contributed by atoms with Gasteiger partial charge in [-0.2, -0.15) is 0 Å². The van der Waals surface area contributed by atoms with Gasteiger partial charge >= 0.3 is 0 Å². The first-order chi connectivity index (χ1) is 12.7. The number of rotatable bonds is 5. The van der Waals surface area contributed by atoms with Crippen molar-refractivity contribution in [1.29, 1.82) is 0 Å². The van der Waals surface area contributed by atoms with Gasteiger partial charge in [0.1, 0.15) is 5.76 Å². The number of carbonyl (C=O) groups excluding carboxylic acids is 1. The summed E-state index contributed by atoms with van der Waals surface area (Å²) in [6.07, 6.45) is 12.2. The van der Waals surface area contributed by atoms with E-state index in [1.54, 1.807) is 0 Å². The Morgan fingerprint density at radius 1 is 1.04 bits per heavy atom. The Kier molecular flexibility index (Phi) is 4.35. The molecule has 1 saturated heterocycles. The molecule has 4 aliphatic carbocycles. The molecule has 4 heteroatoms. The van der Waals surface area contributed by atoms with Crippen molar-refractivity contribution in [1.82, 2.24) is 10.2 Å². The average molecular weight is 357 g/mol. The first-order valence-electron chi connectivity index (χ1n) is 10.8. The fourth-order valence-electron chi connectivity index (χ4n) is 6.78. The van der Waals surface area contributed by atoms with Crippen molar-refractivity contribution < 1.29 is 9.21 Å². The van der Waals surface area contributed by atoms with E-state index in [-0.39, 0.29) is 5.91 Å². The summed E-state index contributed by atoms with van der Waals surface area (Å²) >= 11 is 0. The van der Waals surface area contributed by atoms with Gasteiger partial charge < -0.3 is 9.73 Å². The molecule has 4 bridgehead atoms. The van der Waals surface area contributed by atoms with Crippen LogP contribution < -0.4 is 5.32 Å². The zero-order chi connectivity index (χ0) is 17.6. The van der Waals surface area contributed by atoms with E-state index in [1.807, 2.05) is 12.1 Å². The Labute approximate surface area is 156 Å². The largest absolute Gasteiger partial charge is 0.455 e. The third-order valence-corrected chi connectivity index (χ3v) is 7.50. The van der Waals surface area contributed by atoms with E-state index < -0.39 is 0 Å². The minimum Gasteiger partial charge on any atom is -0.455 e. The Balaban J connectivity index is 1.17. The summed E-state index contributed by atoms with van der Waals surface area (Å²) in [5.41, 5.74) is 0.383. The molecule has 1 aliphatic heterocycles. The van der Waals surface area contributed by atoms with Crippen LogP contribution in [-0.2, 0) is 6.54 Å². The van der Waals surface area contributed by atoms with Crippen LogP contribution in [0.25, 0.3) is 0 Å². The number of piperidine rings is 1. The van der Waals surface area contributed by atoms with Crippen LogP contribution in [0, 0.1) is 23.2 Å². The SMILES string of the molecule is O=C(NCC12CC3CC(CC(C3)C1)C2)c1ccc(CN2CCCCC2)o1. The summed E-state index contributed by atoms with van der Waals surface area (Å²) in [6, 6.07) is 3.84. The van der Waals surface area contributed by atoms with Crippen LogP contribution >= 0.6 is 0 Å². The highest BCUT2D eigenvalue weighted by molar-refractivity contribution is 5.91. The molecule has 0 spiro atoms. The molecule has 6 rings (SSSR count). The Bertz CT molecular complexity index is 624. The van der Waals surface area contributed by atoms with E-state index >= 15 is 0 Å². The van der Waals surface area contributed by atoms with Gasteiger partial charge in [-0.05, 0) is 99.8 Å². The van der Waals surface area contributed by atoms with Crippen LogP contribution in [-0.4, -0.2) is 30.4 Å². The Morgan fingerprint density at radius 2 is 1.69 bits per heavy atom. The zero-order valence-electron chi connectivity index (χ0n) is 15.8. The molecule has 0 aromatic carbocycles. The molecule has 5 aliphatic rings. The summed E-state index contributed by atoms with van der Waals surface area (Å²) in [6.45, 7) is 3.97. The second-order valence-electron chi connectivity index (χ2n) is 9.70. The first-order valence-corrected chi connectivity index (χ1v) is 10.8. The molecule has 2 heterocycles. The molecule has 26 heavy (non-hydrogen) atoms. The summed E-state index contributed by atoms with van der Waals surface area (Å²) in [7, 11) is 0. The maximum Gasteiger partial charge on any atom is 0.287 e. The van der Waals surface area contributed by atoms with Crippen molar-refractivity contribution in [2.24, 2.45) is 23.2 Å². The molecule has 1 N–H and O–H groups in total. The lowest BCUT2D eigenvalue weighted by molar-refractivity contribution is -0.0504. The van der Waals surface area contributed by atoms with E-state index in [0.717, 1.165) is 49.7 Å². The van der Waals surface area contributed by atoms with Gasteiger partial charge in [-0.1, -0.05) is 6.42 Å². The molecule has 4 nitrogen and oxygen atoms in total. The molecule has 5 fully saturated rings. The highest BCUT2D eigenvalue weighted by Crippen LogP contribution is 2.59. The number of nitrogens with one attached hydrogen (secondary N) is 1. The fourth-order valence-corrected chi connectivity index (χ4v) is 6.78. The lowest BCUT2D eigenvalue weighted by Gasteiger charge is -2.56. The Morgan fingerprint density at radius 3 is 2.35 bits per heavy atom. The normalized spacial score (nSPS) is 36.4. The average Bonchev–Trinajstić information content (AvgIpc) is 3.08. The van der Waals surface area contributed by atoms with Gasteiger partial charge in [-0.25, -0.2) is 0 Å². The van der Waals surface area contributed by atoms with Gasteiger partial charge in [0.25, 0.3) is 5.91 Å². The number of hydrogen-bond donors (Lipinski definition) is 1. The molecular weight excluding hydrogens is 324 g/mol. The third-order valence-electron chi connectivity index (χ3n) is 7.50. The van der Waals surface area contributed by atoms with Crippen LogP contribution in [0.15, 0.2) is 16.5 Å². The molecular formula is C22H32N2O2. The minimum absolute atomic E-state index is 0.0226. The lowest BCUT2D eigenvalue weighted by Crippen LogP contribution is -2.51. The van der Waals surface area contributed by atoms with E-state index in [2.05, 4.69) is 10.2 Å². The molecule has 1 aromatic heterocycles. The highest BCUT2D eigenvalue weighted by Gasteiger charge is 2.50. The molecule has 0 radical (unpaired) electrons. The number of carbonyl (C=O) groups is 1. The Hall–Kier alpha value is -1.29. The van der Waals surface area contributed by atoms with Crippen molar-refractivity contribution in [3.8, 4) is 0 Å². The molecule has 4 saturated carbocycles. The molecule has 142 valence electrons. The van der Waals surface area contributed by atoms with Gasteiger partial charge in [-0.15, -0.1) is 0 Å². The number of hydrogen-bond acceptors (Lipinski definition) is 3. The number of nitrogens with zero attached hydrogens (tertiary/aromatic N) is 1. The van der Waals surface area contributed by atoms with Crippen LogP contribution in [0.4, 0.5) is 0 Å². The van der Waals surface area contributed by atoms with Crippen LogP contribution in [0.1, 0.15) is 74.1 Å². The van der Waals surface area contributed by atoms with E-state index in [1.165, 1.54) is 57.8 Å². The monoisotopic (exact) mass is 356 g/mol. The topological polar surface area (TPSA) is 45.5 Å². The molecule has 1 amide bonds. The van der Waals surface area contributed by atoms with E-state index in [4.69, 9.17) is 4.42 Å². The number of amides is 1. The van der Waals surface area contributed by atoms with E-state index in [0.29, 0.717) is 11.2 Å². The van der Waals surface area contributed by atoms with Crippen molar-refractivity contribution in [3.63, 3.8) is 0 Å². The van der Waals surface area contributed by atoms with Crippen molar-refractivity contribution >= 4 is 5.91 Å². The maximum atomic E-state index is 12.6. The lowest BCUT2D eigenvalue weighted by atomic mass is 9.49. The van der Waals surface area contributed by atoms with Gasteiger partial charge in [0.2, 0.25) is 0 Å². The predicted octanol–water partition coefficient (Wildman–Crippen LogP) is 4.21. The zero-order valence-corrected chi connectivity index (χ0v) is 15.8. The first kappa shape index (κ1) is 16.9. The van der Waals surface area contributed by atoms with Crippen LogP contribution in [0.3, 0.4) is 0 Å². The van der Waals surface area contributed by atoms with Gasteiger partial charge in [0, 0.05) is 6.54 Å². The van der Waals surface area contributed by atoms with Crippen molar-refractivity contribution in [3.05, 3.63) is 23.7 Å². The summed E-state index contributed by atoms with van der Waals surface area (Å²) < 4.78 is 5.87. The highest BCUT2D eigenvalue weighted by atomic mass is 16.4. The second kappa shape index (κ2) is 6.70. The maximum absolute atomic E-state index is 12.6. The summed E-state index contributed by atoms with van der Waals surface area (Å²) in [5, 5.41) is 3.23. The minimum atomic E-state index is -0.0226. The summed E-state index contributed by atoms with van der Waals surface area (Å²) in [4.78, 5) is 15.1. The fraction of sp³-hybridized carbons (Fsp3) is 0.773. The van der Waals surface area contributed by atoms with Crippen molar-refractivity contribution in [2.75, 3.05) is 19.6 Å². The smallest absolute Gasteiger partial charge is 0.287 e. The standard InChI is InChI=1S/C22H32N2O2/c25-21(20-5-4-19(26-20)14-24-6-2-1-3-7-24)23-15-22-11-16-8-17(12-22)10-18(9-16)13-22/h4-5,16-18H,1-3,6-15H2,(H,23,25). The van der Waals surface area contributed by atoms with Gasteiger partial charge in [0.15, 0.2) is 5.76 Å². The summed E-state index contributed by atoms with van der Waals surface area (Å²) in [5.74, 6) is 4.17. The molecule has 0 unspecified atom stereocenters. The quantitative estimate of drug-likeness (QED) is 0.859. The second-order valence-corrected chi connectivity index (χ2v) is 9.70. The molecule has 1 aromatic rings. The van der Waals surface area contributed by atoms with Crippen LogP contribution in [0.5, 0.6) is 0 Å². The van der Waals surface area contributed by atoms with Crippen molar-refractivity contribution in [2.45, 2.75) is 64.3 Å². The number of likely N-dealkylation sites (tertiary alicyclic amines) is 1.